The Morgan fingerprint density at radius 2 is 1.53 bits per heavy atom. The SMILES string of the molecule is CC(C)c1cccc(C(C)C)c1NC(=O)Cn1nc(C(=O)O)c2ccccc2c1=O. The Morgan fingerprint density at radius 1 is 0.967 bits per heavy atom. The Balaban J connectivity index is 2.01. The molecule has 0 bridgehead atoms. The van der Waals surface area contributed by atoms with Crippen molar-refractivity contribution in [1.29, 1.82) is 0 Å². The number of carbonyl (C=O) groups excluding carboxylic acids is 1. The molecule has 2 N–H and O–H groups in total. The smallest absolute Gasteiger partial charge is 0.357 e. The van der Waals surface area contributed by atoms with Crippen molar-refractivity contribution in [3.63, 3.8) is 0 Å². The van der Waals surface area contributed by atoms with Crippen LogP contribution in [0.3, 0.4) is 0 Å². The van der Waals surface area contributed by atoms with E-state index in [0.29, 0.717) is 0 Å². The molecule has 0 radical (unpaired) electrons. The predicted octanol–water partition coefficient (Wildman–Crippen LogP) is 3.98. The van der Waals surface area contributed by atoms with Gasteiger partial charge in [0.2, 0.25) is 5.91 Å². The zero-order chi connectivity index (χ0) is 22.0. The van der Waals surface area contributed by atoms with Crippen LogP contribution in [0.5, 0.6) is 0 Å². The minimum atomic E-state index is -1.26. The first-order valence-electron chi connectivity index (χ1n) is 9.86. The first-order valence-corrected chi connectivity index (χ1v) is 9.86. The van der Waals surface area contributed by atoms with Crippen LogP contribution in [0.15, 0.2) is 47.3 Å². The van der Waals surface area contributed by atoms with Crippen LogP contribution in [0.1, 0.15) is 61.1 Å². The molecule has 0 spiro atoms. The van der Waals surface area contributed by atoms with E-state index in [1.807, 2.05) is 45.9 Å². The highest BCUT2D eigenvalue weighted by atomic mass is 16.4. The van der Waals surface area contributed by atoms with Gasteiger partial charge in [-0.1, -0.05) is 64.1 Å². The lowest BCUT2D eigenvalue weighted by Gasteiger charge is -2.20. The summed E-state index contributed by atoms with van der Waals surface area (Å²) in [6, 6.07) is 12.3. The molecule has 0 saturated heterocycles. The lowest BCUT2D eigenvalue weighted by atomic mass is 9.92. The molecule has 0 aliphatic carbocycles. The average Bonchev–Trinajstić information content (AvgIpc) is 2.69. The number of fused-ring (bicyclic) bond motifs is 1. The van der Waals surface area contributed by atoms with Crippen molar-refractivity contribution < 1.29 is 14.7 Å². The fraction of sp³-hybridized carbons (Fsp3) is 0.304. The summed E-state index contributed by atoms with van der Waals surface area (Å²) in [5.74, 6) is -1.31. The lowest BCUT2D eigenvalue weighted by molar-refractivity contribution is -0.117. The molecule has 1 aromatic heterocycles. The summed E-state index contributed by atoms with van der Waals surface area (Å²) in [5, 5.41) is 16.8. The second-order valence-electron chi connectivity index (χ2n) is 7.83. The van der Waals surface area contributed by atoms with Crippen LogP contribution in [0.2, 0.25) is 0 Å². The van der Waals surface area contributed by atoms with Crippen molar-refractivity contribution >= 4 is 28.3 Å². The third kappa shape index (κ3) is 4.10. The number of anilines is 1. The number of nitrogens with one attached hydrogen (secondary N) is 1. The largest absolute Gasteiger partial charge is 0.476 e. The van der Waals surface area contributed by atoms with Gasteiger partial charge in [0.05, 0.1) is 5.39 Å². The number of aromatic carboxylic acids is 1. The van der Waals surface area contributed by atoms with E-state index in [9.17, 15) is 19.5 Å². The maximum absolute atomic E-state index is 12.8. The Hall–Kier alpha value is -3.48. The molecule has 0 atom stereocenters. The third-order valence-electron chi connectivity index (χ3n) is 5.00. The molecule has 30 heavy (non-hydrogen) atoms. The fourth-order valence-corrected chi connectivity index (χ4v) is 3.51. The standard InChI is InChI=1S/C23H25N3O4/c1-13(2)15-10-7-11-16(14(3)4)20(15)24-19(27)12-26-22(28)18-9-6-5-8-17(18)21(25-26)23(29)30/h5-11,13-14H,12H2,1-4H3,(H,24,27)(H,29,30). The van der Waals surface area contributed by atoms with Crippen LogP contribution in [-0.2, 0) is 11.3 Å². The van der Waals surface area contributed by atoms with E-state index < -0.39 is 17.4 Å². The molecule has 3 rings (SSSR count). The predicted molar refractivity (Wildman–Crippen MR) is 116 cm³/mol. The Morgan fingerprint density at radius 3 is 2.07 bits per heavy atom. The van der Waals surface area contributed by atoms with Crippen molar-refractivity contribution in [1.82, 2.24) is 9.78 Å². The maximum Gasteiger partial charge on any atom is 0.357 e. The lowest BCUT2D eigenvalue weighted by Crippen LogP contribution is -2.31. The molecular weight excluding hydrogens is 382 g/mol. The molecule has 1 heterocycles. The highest BCUT2D eigenvalue weighted by molar-refractivity contribution is 6.01. The number of hydrogen-bond donors (Lipinski definition) is 2. The number of para-hydroxylation sites is 1. The van der Waals surface area contributed by atoms with E-state index in [2.05, 4.69) is 10.4 Å². The topological polar surface area (TPSA) is 101 Å². The number of amides is 1. The molecular formula is C23H25N3O4. The first-order chi connectivity index (χ1) is 14.2. The van der Waals surface area contributed by atoms with Gasteiger partial charge in [-0.3, -0.25) is 9.59 Å². The second kappa shape index (κ2) is 8.49. The molecule has 7 heteroatoms. The first kappa shape index (κ1) is 21.2. The molecule has 2 aromatic carbocycles. The van der Waals surface area contributed by atoms with Crippen LogP contribution >= 0.6 is 0 Å². The van der Waals surface area contributed by atoms with Crippen molar-refractivity contribution in [2.45, 2.75) is 46.1 Å². The van der Waals surface area contributed by atoms with Gasteiger partial charge in [-0.15, -0.1) is 0 Å². The van der Waals surface area contributed by atoms with Crippen molar-refractivity contribution in [2.75, 3.05) is 5.32 Å². The van der Waals surface area contributed by atoms with Crippen LogP contribution in [-0.4, -0.2) is 26.8 Å². The summed E-state index contributed by atoms with van der Waals surface area (Å²) < 4.78 is 0.911. The zero-order valence-corrected chi connectivity index (χ0v) is 17.5. The molecule has 0 unspecified atom stereocenters. The Labute approximate surface area is 174 Å². The molecule has 7 nitrogen and oxygen atoms in total. The number of carboxylic acids is 1. The van der Waals surface area contributed by atoms with E-state index in [4.69, 9.17) is 0 Å². The zero-order valence-electron chi connectivity index (χ0n) is 17.5. The van der Waals surface area contributed by atoms with Crippen molar-refractivity contribution in [2.24, 2.45) is 0 Å². The third-order valence-corrected chi connectivity index (χ3v) is 5.00. The van der Waals surface area contributed by atoms with Gasteiger partial charge in [-0.05, 0) is 29.0 Å². The second-order valence-corrected chi connectivity index (χ2v) is 7.83. The normalized spacial score (nSPS) is 11.3. The number of hydrogen-bond acceptors (Lipinski definition) is 4. The highest BCUT2D eigenvalue weighted by Gasteiger charge is 2.19. The molecule has 0 saturated carbocycles. The number of carbonyl (C=O) groups is 2. The van der Waals surface area contributed by atoms with E-state index in [1.165, 1.54) is 12.1 Å². The minimum Gasteiger partial charge on any atom is -0.476 e. The highest BCUT2D eigenvalue weighted by Crippen LogP contribution is 2.32. The molecule has 156 valence electrons. The van der Waals surface area contributed by atoms with Crippen LogP contribution < -0.4 is 10.9 Å². The van der Waals surface area contributed by atoms with Gasteiger partial charge < -0.3 is 10.4 Å². The van der Waals surface area contributed by atoms with E-state index in [1.54, 1.807) is 12.1 Å². The summed E-state index contributed by atoms with van der Waals surface area (Å²) >= 11 is 0. The Kier molecular flexibility index (Phi) is 6.01. The number of rotatable bonds is 6. The van der Waals surface area contributed by atoms with E-state index in [-0.39, 0.29) is 34.8 Å². The Bertz CT molecular complexity index is 1150. The van der Waals surface area contributed by atoms with Gasteiger partial charge >= 0.3 is 5.97 Å². The monoisotopic (exact) mass is 407 g/mol. The molecule has 0 fully saturated rings. The van der Waals surface area contributed by atoms with Gasteiger partial charge in [0.15, 0.2) is 5.69 Å². The summed E-state index contributed by atoms with van der Waals surface area (Å²) in [6.07, 6.45) is 0. The van der Waals surface area contributed by atoms with Crippen LogP contribution in [0.4, 0.5) is 5.69 Å². The van der Waals surface area contributed by atoms with Gasteiger partial charge in [0.1, 0.15) is 6.54 Å². The number of benzene rings is 2. The van der Waals surface area contributed by atoms with E-state index in [0.717, 1.165) is 21.5 Å². The molecule has 0 aliphatic rings. The van der Waals surface area contributed by atoms with Crippen LogP contribution in [0.25, 0.3) is 10.8 Å². The van der Waals surface area contributed by atoms with Crippen molar-refractivity contribution in [3.05, 3.63) is 69.6 Å². The van der Waals surface area contributed by atoms with Gasteiger partial charge in [-0.25, -0.2) is 9.48 Å². The van der Waals surface area contributed by atoms with E-state index >= 15 is 0 Å². The minimum absolute atomic E-state index is 0.194. The number of aromatic nitrogens is 2. The van der Waals surface area contributed by atoms with Gasteiger partial charge in [0, 0.05) is 11.1 Å². The van der Waals surface area contributed by atoms with Gasteiger partial charge in [0.25, 0.3) is 5.56 Å². The van der Waals surface area contributed by atoms with Crippen LogP contribution in [0, 0.1) is 0 Å². The quantitative estimate of drug-likeness (QED) is 0.644. The molecule has 0 aliphatic heterocycles. The maximum atomic E-state index is 12.8. The summed E-state index contributed by atoms with van der Waals surface area (Å²) in [7, 11) is 0. The average molecular weight is 407 g/mol. The number of nitrogens with zero attached hydrogens (tertiary/aromatic N) is 2. The summed E-state index contributed by atoms with van der Waals surface area (Å²) in [4.78, 5) is 37.2. The molecule has 3 aromatic rings. The summed E-state index contributed by atoms with van der Waals surface area (Å²) in [6.45, 7) is 7.80. The molecule has 1 amide bonds. The fourth-order valence-electron chi connectivity index (χ4n) is 3.51. The van der Waals surface area contributed by atoms with Gasteiger partial charge in [-0.2, -0.15) is 5.10 Å². The number of carboxylic acid groups (broad SMARTS) is 1. The van der Waals surface area contributed by atoms with Crippen molar-refractivity contribution in [3.8, 4) is 0 Å². The summed E-state index contributed by atoms with van der Waals surface area (Å²) in [5.41, 5.74) is 1.97.